The molecule has 0 amide bonds. The van der Waals surface area contributed by atoms with Crippen LogP contribution < -0.4 is 0 Å². The highest BCUT2D eigenvalue weighted by Crippen LogP contribution is 2.25. The van der Waals surface area contributed by atoms with Crippen molar-refractivity contribution in [3.63, 3.8) is 0 Å². The van der Waals surface area contributed by atoms with Crippen molar-refractivity contribution >= 4 is 17.3 Å². The fourth-order valence-corrected chi connectivity index (χ4v) is 2.22. The first-order chi connectivity index (χ1) is 8.13. The number of carboxylic acid groups (broad SMARTS) is 1. The highest BCUT2D eigenvalue weighted by atomic mass is 32.1. The maximum absolute atomic E-state index is 11.1. The Kier molecular flexibility index (Phi) is 2.90. The standard InChI is InChI=1S/C12H8N2O2S/c1-7-9(6-13)8(12(15)16)5-10(14-7)11-3-2-4-17-11/h2-5H,1H3,(H,15,16). The van der Waals surface area contributed by atoms with Gasteiger partial charge in [0.2, 0.25) is 0 Å². The number of nitrogens with zero attached hydrogens (tertiary/aromatic N) is 2. The quantitative estimate of drug-likeness (QED) is 0.881. The minimum atomic E-state index is -1.11. The molecule has 0 atom stereocenters. The number of aromatic carboxylic acids is 1. The van der Waals surface area contributed by atoms with E-state index in [-0.39, 0.29) is 11.1 Å². The molecule has 0 spiro atoms. The number of pyridine rings is 1. The van der Waals surface area contributed by atoms with Crippen LogP contribution in [0, 0.1) is 18.3 Å². The number of carboxylic acids is 1. The molecule has 4 nitrogen and oxygen atoms in total. The average molecular weight is 244 g/mol. The molecule has 0 fully saturated rings. The van der Waals surface area contributed by atoms with Gasteiger partial charge in [-0.1, -0.05) is 6.07 Å². The number of aryl methyl sites for hydroxylation is 1. The van der Waals surface area contributed by atoms with Gasteiger partial charge in [-0.3, -0.25) is 4.98 Å². The summed E-state index contributed by atoms with van der Waals surface area (Å²) in [6.45, 7) is 1.64. The Bertz CT molecular complexity index is 612. The van der Waals surface area contributed by atoms with Crippen LogP contribution in [-0.2, 0) is 0 Å². The van der Waals surface area contributed by atoms with Crippen LogP contribution in [0.25, 0.3) is 10.6 Å². The van der Waals surface area contributed by atoms with E-state index in [2.05, 4.69) is 4.98 Å². The maximum atomic E-state index is 11.1. The van der Waals surface area contributed by atoms with Crippen molar-refractivity contribution in [3.8, 4) is 16.6 Å². The number of aromatic nitrogens is 1. The molecule has 0 radical (unpaired) electrons. The predicted molar refractivity (Wildman–Crippen MR) is 64.0 cm³/mol. The summed E-state index contributed by atoms with van der Waals surface area (Å²) in [7, 11) is 0. The van der Waals surface area contributed by atoms with Crippen molar-refractivity contribution in [2.24, 2.45) is 0 Å². The van der Waals surface area contributed by atoms with E-state index >= 15 is 0 Å². The van der Waals surface area contributed by atoms with Gasteiger partial charge < -0.3 is 5.11 Å². The third-order valence-corrected chi connectivity index (χ3v) is 3.21. The molecule has 5 heteroatoms. The molecule has 2 aromatic rings. The lowest BCUT2D eigenvalue weighted by molar-refractivity contribution is 0.0696. The predicted octanol–water partition coefficient (Wildman–Crippen LogP) is 2.69. The number of hydrogen-bond donors (Lipinski definition) is 1. The van der Waals surface area contributed by atoms with Gasteiger partial charge in [-0.25, -0.2) is 4.79 Å². The summed E-state index contributed by atoms with van der Waals surface area (Å²) < 4.78 is 0. The van der Waals surface area contributed by atoms with E-state index in [1.165, 1.54) is 17.4 Å². The van der Waals surface area contributed by atoms with Crippen LogP contribution in [0.5, 0.6) is 0 Å². The van der Waals surface area contributed by atoms with E-state index in [0.717, 1.165) is 4.88 Å². The van der Waals surface area contributed by atoms with Crippen molar-refractivity contribution in [2.75, 3.05) is 0 Å². The second-order valence-electron chi connectivity index (χ2n) is 3.41. The normalized spacial score (nSPS) is 9.88. The second-order valence-corrected chi connectivity index (χ2v) is 4.36. The van der Waals surface area contributed by atoms with Gasteiger partial charge in [-0.05, 0) is 24.4 Å². The van der Waals surface area contributed by atoms with E-state index in [1.807, 2.05) is 23.6 Å². The first kappa shape index (κ1) is 11.3. The van der Waals surface area contributed by atoms with Crippen LogP contribution >= 0.6 is 11.3 Å². The van der Waals surface area contributed by atoms with Crippen molar-refractivity contribution in [1.29, 1.82) is 5.26 Å². The second kappa shape index (κ2) is 4.36. The summed E-state index contributed by atoms with van der Waals surface area (Å²) in [4.78, 5) is 16.2. The average Bonchev–Trinajstić information content (AvgIpc) is 2.81. The monoisotopic (exact) mass is 244 g/mol. The Morgan fingerprint density at radius 3 is 2.88 bits per heavy atom. The Hall–Kier alpha value is -2.19. The fraction of sp³-hybridized carbons (Fsp3) is 0.0833. The molecule has 0 saturated carbocycles. The van der Waals surface area contributed by atoms with Crippen LogP contribution in [0.1, 0.15) is 21.6 Å². The van der Waals surface area contributed by atoms with E-state index in [4.69, 9.17) is 10.4 Å². The van der Waals surface area contributed by atoms with Crippen LogP contribution in [-0.4, -0.2) is 16.1 Å². The Labute approximate surface area is 102 Å². The van der Waals surface area contributed by atoms with Crippen molar-refractivity contribution < 1.29 is 9.90 Å². The molecule has 0 aliphatic heterocycles. The molecule has 0 saturated heterocycles. The molecule has 2 rings (SSSR count). The van der Waals surface area contributed by atoms with E-state index in [9.17, 15) is 4.79 Å². The number of hydrogen-bond acceptors (Lipinski definition) is 4. The van der Waals surface area contributed by atoms with Crippen molar-refractivity contribution in [2.45, 2.75) is 6.92 Å². The molecular weight excluding hydrogens is 236 g/mol. The summed E-state index contributed by atoms with van der Waals surface area (Å²) in [5.41, 5.74) is 1.16. The van der Waals surface area contributed by atoms with E-state index in [1.54, 1.807) is 6.92 Å². The third kappa shape index (κ3) is 2.03. The molecule has 2 heterocycles. The molecule has 0 unspecified atom stereocenters. The SMILES string of the molecule is Cc1nc(-c2cccs2)cc(C(=O)O)c1C#N. The first-order valence-corrected chi connectivity index (χ1v) is 5.70. The Morgan fingerprint density at radius 1 is 1.59 bits per heavy atom. The summed E-state index contributed by atoms with van der Waals surface area (Å²) in [6.07, 6.45) is 0. The van der Waals surface area contributed by atoms with E-state index < -0.39 is 5.97 Å². The first-order valence-electron chi connectivity index (χ1n) is 4.82. The number of thiophene rings is 1. The smallest absolute Gasteiger partial charge is 0.337 e. The lowest BCUT2D eigenvalue weighted by atomic mass is 10.1. The summed E-state index contributed by atoms with van der Waals surface area (Å²) in [5.74, 6) is -1.11. The lowest BCUT2D eigenvalue weighted by Crippen LogP contribution is -2.04. The maximum Gasteiger partial charge on any atom is 0.337 e. The minimum absolute atomic E-state index is 0.00315. The molecule has 17 heavy (non-hydrogen) atoms. The molecular formula is C12H8N2O2S. The summed E-state index contributed by atoms with van der Waals surface area (Å²) in [5, 5.41) is 19.9. The van der Waals surface area contributed by atoms with Gasteiger partial charge in [0.1, 0.15) is 6.07 Å². The largest absolute Gasteiger partial charge is 0.478 e. The fourth-order valence-electron chi connectivity index (χ4n) is 1.53. The zero-order valence-corrected chi connectivity index (χ0v) is 9.78. The molecule has 0 bridgehead atoms. The van der Waals surface area contributed by atoms with Gasteiger partial charge in [-0.2, -0.15) is 5.26 Å². The van der Waals surface area contributed by atoms with Crippen LogP contribution in [0.4, 0.5) is 0 Å². The van der Waals surface area contributed by atoms with Gasteiger partial charge in [0.05, 0.1) is 27.4 Å². The highest BCUT2D eigenvalue weighted by Gasteiger charge is 2.16. The van der Waals surface area contributed by atoms with Gasteiger partial charge in [-0.15, -0.1) is 11.3 Å². The number of carbonyl (C=O) groups is 1. The van der Waals surface area contributed by atoms with Gasteiger partial charge >= 0.3 is 5.97 Å². The topological polar surface area (TPSA) is 74.0 Å². The molecule has 2 aromatic heterocycles. The molecule has 0 aliphatic rings. The highest BCUT2D eigenvalue weighted by molar-refractivity contribution is 7.13. The van der Waals surface area contributed by atoms with Gasteiger partial charge in [0, 0.05) is 0 Å². The Balaban J connectivity index is 2.67. The summed E-state index contributed by atoms with van der Waals surface area (Å²) >= 11 is 1.48. The zero-order chi connectivity index (χ0) is 12.4. The minimum Gasteiger partial charge on any atom is -0.478 e. The molecule has 0 aliphatic carbocycles. The van der Waals surface area contributed by atoms with Crippen molar-refractivity contribution in [3.05, 3.63) is 40.4 Å². The van der Waals surface area contributed by atoms with Crippen LogP contribution in [0.15, 0.2) is 23.6 Å². The molecule has 1 N–H and O–H groups in total. The third-order valence-electron chi connectivity index (χ3n) is 2.32. The van der Waals surface area contributed by atoms with Gasteiger partial charge in [0.25, 0.3) is 0 Å². The molecule has 0 aromatic carbocycles. The van der Waals surface area contributed by atoms with Crippen LogP contribution in [0.3, 0.4) is 0 Å². The van der Waals surface area contributed by atoms with Gasteiger partial charge in [0.15, 0.2) is 0 Å². The zero-order valence-electron chi connectivity index (χ0n) is 8.97. The lowest BCUT2D eigenvalue weighted by Gasteiger charge is -2.05. The van der Waals surface area contributed by atoms with E-state index in [0.29, 0.717) is 11.4 Å². The summed E-state index contributed by atoms with van der Waals surface area (Å²) in [6, 6.07) is 7.06. The number of nitriles is 1. The molecule has 84 valence electrons. The van der Waals surface area contributed by atoms with Crippen LogP contribution in [0.2, 0.25) is 0 Å². The number of rotatable bonds is 2. The Morgan fingerprint density at radius 2 is 2.35 bits per heavy atom. The van der Waals surface area contributed by atoms with Crippen molar-refractivity contribution in [1.82, 2.24) is 4.98 Å².